The van der Waals surface area contributed by atoms with Crippen LogP contribution >= 0.6 is 0 Å². The Labute approximate surface area is 294 Å². The molecule has 3 aromatic carbocycles. The third-order valence-electron chi connectivity index (χ3n) is 9.44. The number of piperidine rings is 1. The van der Waals surface area contributed by atoms with E-state index in [2.05, 4.69) is 42.2 Å². The third-order valence-corrected chi connectivity index (χ3v) is 9.44. The molecule has 1 heterocycles. The number of hydrogen-bond donors (Lipinski definition) is 0. The Bertz CT molecular complexity index is 1420. The summed E-state index contributed by atoms with van der Waals surface area (Å²) in [5.41, 5.74) is 5.46. The van der Waals surface area contributed by atoms with Crippen LogP contribution in [0.25, 0.3) is 11.1 Å². The molecule has 0 N–H and O–H groups in total. The van der Waals surface area contributed by atoms with Crippen molar-refractivity contribution in [1.29, 1.82) is 0 Å². The maximum atomic E-state index is 12.8. The molecule has 0 aromatic heterocycles. The minimum absolute atomic E-state index is 0.0510. The van der Waals surface area contributed by atoms with Crippen LogP contribution in [-0.4, -0.2) is 73.6 Å². The van der Waals surface area contributed by atoms with Crippen molar-refractivity contribution in [2.45, 2.75) is 96.5 Å². The Morgan fingerprint density at radius 2 is 1.43 bits per heavy atom. The molecule has 7 heteroatoms. The molecule has 7 nitrogen and oxygen atoms in total. The van der Waals surface area contributed by atoms with Crippen LogP contribution < -0.4 is 0 Å². The van der Waals surface area contributed by atoms with Gasteiger partial charge in [-0.3, -0.25) is 14.4 Å². The van der Waals surface area contributed by atoms with Gasteiger partial charge < -0.3 is 19.3 Å². The quantitative estimate of drug-likeness (QED) is 0.0903. The number of nitrogens with zero attached hydrogens (tertiary/aromatic N) is 2. The highest BCUT2D eigenvalue weighted by molar-refractivity contribution is 5.78. The molecule has 0 spiro atoms. The summed E-state index contributed by atoms with van der Waals surface area (Å²) < 4.78 is 11.1. The highest BCUT2D eigenvalue weighted by Crippen LogP contribution is 2.25. The van der Waals surface area contributed by atoms with Gasteiger partial charge in [0, 0.05) is 39.6 Å². The van der Waals surface area contributed by atoms with Crippen LogP contribution in [0.15, 0.2) is 78.9 Å². The van der Waals surface area contributed by atoms with Crippen LogP contribution in [0, 0.1) is 0 Å². The number of aryl methyl sites for hydroxylation is 1. The van der Waals surface area contributed by atoms with Gasteiger partial charge in [0.15, 0.2) is 0 Å². The van der Waals surface area contributed by atoms with Crippen LogP contribution in [0.4, 0.5) is 0 Å². The summed E-state index contributed by atoms with van der Waals surface area (Å²) in [6.45, 7) is 5.90. The number of amides is 1. The fraction of sp³-hybridized carbons (Fsp3) is 0.500. The second-order valence-corrected chi connectivity index (χ2v) is 13.4. The fourth-order valence-electron chi connectivity index (χ4n) is 6.32. The number of carbonyl (C=O) groups excluding carboxylic acids is 3. The van der Waals surface area contributed by atoms with Crippen molar-refractivity contribution in [3.8, 4) is 11.1 Å². The molecule has 1 saturated heterocycles. The van der Waals surface area contributed by atoms with E-state index in [9.17, 15) is 14.4 Å². The number of likely N-dealkylation sites (N-methyl/N-ethyl adjacent to an activating group) is 1. The van der Waals surface area contributed by atoms with Gasteiger partial charge >= 0.3 is 11.9 Å². The Morgan fingerprint density at radius 3 is 2.18 bits per heavy atom. The standard InChI is InChI=1S/C42H56N2O5/c1-3-4-31-48-41(46)32-35-23-21-34(22-24-35)15-9-6-5-7-12-20-40(45)43(2)29-30-44-27-25-38(26-28-44)49-42(47)33-37-18-13-14-19-39(37)36-16-10-8-11-17-36/h8,10-11,13-14,16-19,21-24,38H,3-7,9,12,15,20,25-33H2,1-2H3. The first-order chi connectivity index (χ1) is 23.9. The van der Waals surface area contributed by atoms with E-state index in [1.807, 2.05) is 60.5 Å². The van der Waals surface area contributed by atoms with Gasteiger partial charge in [-0.05, 0) is 66.3 Å². The van der Waals surface area contributed by atoms with E-state index < -0.39 is 0 Å². The van der Waals surface area contributed by atoms with Crippen LogP contribution in [0.3, 0.4) is 0 Å². The lowest BCUT2D eigenvalue weighted by molar-refractivity contribution is -0.150. The fourth-order valence-corrected chi connectivity index (χ4v) is 6.32. The van der Waals surface area contributed by atoms with Crippen LogP contribution in [-0.2, 0) is 43.1 Å². The molecule has 49 heavy (non-hydrogen) atoms. The average molecular weight is 669 g/mol. The predicted molar refractivity (Wildman–Crippen MR) is 196 cm³/mol. The SMILES string of the molecule is CCCCOC(=O)Cc1ccc(CCCCCCCC(=O)N(C)CCN2CCC(OC(=O)Cc3ccccc3-c3ccccc3)CC2)cc1. The van der Waals surface area contributed by atoms with Crippen molar-refractivity contribution in [1.82, 2.24) is 9.80 Å². The summed E-state index contributed by atoms with van der Waals surface area (Å²) in [4.78, 5) is 41.7. The van der Waals surface area contributed by atoms with Crippen LogP contribution in [0.2, 0.25) is 0 Å². The Hall–Kier alpha value is -3.97. The van der Waals surface area contributed by atoms with E-state index in [0.29, 0.717) is 19.4 Å². The van der Waals surface area contributed by atoms with Gasteiger partial charge in [-0.1, -0.05) is 111 Å². The zero-order valence-corrected chi connectivity index (χ0v) is 29.7. The monoisotopic (exact) mass is 668 g/mol. The Kier molecular flexibility index (Phi) is 16.4. The number of esters is 2. The number of hydrogen-bond acceptors (Lipinski definition) is 6. The van der Waals surface area contributed by atoms with E-state index in [-0.39, 0.29) is 30.4 Å². The first-order valence-electron chi connectivity index (χ1n) is 18.4. The number of likely N-dealkylation sites (tertiary alicyclic amines) is 1. The largest absolute Gasteiger partial charge is 0.465 e. The van der Waals surface area contributed by atoms with Gasteiger partial charge in [-0.2, -0.15) is 0 Å². The lowest BCUT2D eigenvalue weighted by Crippen LogP contribution is -2.42. The second-order valence-electron chi connectivity index (χ2n) is 13.4. The second kappa shape index (κ2) is 21.2. The molecule has 0 saturated carbocycles. The Morgan fingerprint density at radius 1 is 0.755 bits per heavy atom. The molecule has 1 aliphatic heterocycles. The molecule has 0 radical (unpaired) electrons. The zero-order valence-electron chi connectivity index (χ0n) is 29.7. The summed E-state index contributed by atoms with van der Waals surface area (Å²) in [6, 6.07) is 26.5. The van der Waals surface area contributed by atoms with Gasteiger partial charge in [0.2, 0.25) is 5.91 Å². The van der Waals surface area contributed by atoms with Gasteiger partial charge in [0.1, 0.15) is 6.10 Å². The van der Waals surface area contributed by atoms with Crippen molar-refractivity contribution in [3.63, 3.8) is 0 Å². The van der Waals surface area contributed by atoms with E-state index in [0.717, 1.165) is 113 Å². The normalized spacial score (nSPS) is 13.6. The molecule has 0 aliphatic carbocycles. The lowest BCUT2D eigenvalue weighted by atomic mass is 9.98. The minimum atomic E-state index is -0.170. The molecule has 1 fully saturated rings. The maximum Gasteiger partial charge on any atom is 0.310 e. The van der Waals surface area contributed by atoms with E-state index in [4.69, 9.17) is 9.47 Å². The minimum Gasteiger partial charge on any atom is -0.465 e. The van der Waals surface area contributed by atoms with E-state index in [1.54, 1.807) is 0 Å². The maximum absolute atomic E-state index is 12.8. The Balaban J connectivity index is 1.02. The number of unbranched alkanes of at least 4 members (excludes halogenated alkanes) is 5. The van der Waals surface area contributed by atoms with Gasteiger partial charge in [0.25, 0.3) is 0 Å². The van der Waals surface area contributed by atoms with E-state index in [1.165, 1.54) is 5.56 Å². The number of carbonyl (C=O) groups is 3. The molecule has 0 atom stereocenters. The molecule has 4 rings (SSSR count). The summed E-state index contributed by atoms with van der Waals surface area (Å²) in [5, 5.41) is 0. The molecule has 1 amide bonds. The summed E-state index contributed by atoms with van der Waals surface area (Å²) in [6.07, 6.45) is 11.2. The van der Waals surface area contributed by atoms with Crippen molar-refractivity contribution < 1.29 is 23.9 Å². The highest BCUT2D eigenvalue weighted by atomic mass is 16.5. The summed E-state index contributed by atoms with van der Waals surface area (Å²) in [5.74, 6) is -0.106. The van der Waals surface area contributed by atoms with Gasteiger partial charge in [-0.15, -0.1) is 0 Å². The van der Waals surface area contributed by atoms with Crippen molar-refractivity contribution in [2.24, 2.45) is 0 Å². The topological polar surface area (TPSA) is 76.2 Å². The van der Waals surface area contributed by atoms with Crippen molar-refractivity contribution in [3.05, 3.63) is 95.6 Å². The molecular weight excluding hydrogens is 612 g/mol. The lowest BCUT2D eigenvalue weighted by Gasteiger charge is -2.32. The molecule has 1 aliphatic rings. The molecular formula is C42H56N2O5. The zero-order chi connectivity index (χ0) is 34.7. The summed E-state index contributed by atoms with van der Waals surface area (Å²) >= 11 is 0. The number of benzene rings is 3. The van der Waals surface area contributed by atoms with Crippen LogP contribution in [0.1, 0.15) is 87.8 Å². The van der Waals surface area contributed by atoms with Gasteiger partial charge in [-0.25, -0.2) is 0 Å². The van der Waals surface area contributed by atoms with Crippen molar-refractivity contribution >= 4 is 17.8 Å². The van der Waals surface area contributed by atoms with Crippen LogP contribution in [0.5, 0.6) is 0 Å². The smallest absolute Gasteiger partial charge is 0.310 e. The highest BCUT2D eigenvalue weighted by Gasteiger charge is 2.23. The molecule has 264 valence electrons. The molecule has 0 bridgehead atoms. The predicted octanol–water partition coefficient (Wildman–Crippen LogP) is 7.83. The van der Waals surface area contributed by atoms with E-state index >= 15 is 0 Å². The number of rotatable bonds is 20. The first kappa shape index (κ1) is 37.8. The molecule has 0 unspecified atom stereocenters. The van der Waals surface area contributed by atoms with Gasteiger partial charge in [0.05, 0.1) is 19.4 Å². The van der Waals surface area contributed by atoms with Crippen molar-refractivity contribution in [2.75, 3.05) is 39.8 Å². The first-order valence-corrected chi connectivity index (χ1v) is 18.4. The average Bonchev–Trinajstić information content (AvgIpc) is 3.12. The molecule has 3 aromatic rings. The third kappa shape index (κ3) is 13.8. The summed E-state index contributed by atoms with van der Waals surface area (Å²) in [7, 11) is 1.91. The number of ether oxygens (including phenoxy) is 2.